The number of cyclic esters (lactones) is 1. The number of anilines is 1. The van der Waals surface area contributed by atoms with Crippen LogP contribution in [0.15, 0.2) is 146 Å². The molecule has 5 aromatic carbocycles. The SMILES string of the molecule is C=CCOC(=O)[C@H]1[C@@H]2C(=O)O[C@@H](c3ccccc3)[C@@H](c3ccccc3)N2[C@@H](c2ccc(OCCO[Si](C)(C)C(C)(C)C)cc2)[C@]12C(=O)N(C(=O)N[C@@H](C)c1ccccc1)c1ccc(I)cc12. The van der Waals surface area contributed by atoms with Crippen molar-refractivity contribution in [3.05, 3.63) is 178 Å². The molecule has 7 atom stereocenters. The molecule has 3 aliphatic heterocycles. The summed E-state index contributed by atoms with van der Waals surface area (Å²) in [6.45, 7) is 17.2. The summed E-state index contributed by atoms with van der Waals surface area (Å²) in [7, 11) is -2.01. The van der Waals surface area contributed by atoms with E-state index >= 15 is 14.4 Å². The Bertz CT molecular complexity index is 2590. The molecule has 0 unspecified atom stereocenters. The molecule has 3 aliphatic rings. The van der Waals surface area contributed by atoms with Crippen LogP contribution in [-0.2, 0) is 33.7 Å². The first-order chi connectivity index (χ1) is 31.6. The van der Waals surface area contributed by atoms with E-state index in [9.17, 15) is 4.79 Å². The molecule has 0 aromatic heterocycles. The highest BCUT2D eigenvalue weighted by atomic mass is 127. The Morgan fingerprint density at radius 3 is 2.09 bits per heavy atom. The molecule has 3 heterocycles. The van der Waals surface area contributed by atoms with Gasteiger partial charge in [0.25, 0.3) is 0 Å². The number of imide groups is 1. The van der Waals surface area contributed by atoms with Crippen molar-refractivity contribution in [1.82, 2.24) is 10.2 Å². The Hall–Kier alpha value is -5.61. The normalized spacial score (nSPS) is 23.1. The van der Waals surface area contributed by atoms with Gasteiger partial charge in [0.1, 0.15) is 42.4 Å². The molecule has 1 spiro atoms. The average Bonchev–Trinajstić information content (AvgIpc) is 3.76. The summed E-state index contributed by atoms with van der Waals surface area (Å²) < 4.78 is 25.9. The maximum Gasteiger partial charge on any atom is 0.329 e. The van der Waals surface area contributed by atoms with Crippen LogP contribution in [0.1, 0.15) is 79.7 Å². The molecule has 2 saturated heterocycles. The lowest BCUT2D eigenvalue weighted by Crippen LogP contribution is -2.54. The van der Waals surface area contributed by atoms with Crippen LogP contribution in [0.3, 0.4) is 0 Å². The lowest BCUT2D eigenvalue weighted by molar-refractivity contribution is -0.180. The van der Waals surface area contributed by atoms with E-state index in [1.807, 2.05) is 139 Å². The molecular weight excluding hydrogens is 962 g/mol. The maximum atomic E-state index is 16.3. The molecule has 2 fully saturated rings. The van der Waals surface area contributed by atoms with Gasteiger partial charge in [-0.1, -0.05) is 137 Å². The van der Waals surface area contributed by atoms with E-state index in [1.165, 1.54) is 6.08 Å². The monoisotopic (exact) mass is 1020 g/mol. The number of rotatable bonds is 13. The highest BCUT2D eigenvalue weighted by molar-refractivity contribution is 14.1. The molecule has 0 aliphatic carbocycles. The molecule has 342 valence electrons. The van der Waals surface area contributed by atoms with Crippen LogP contribution in [0.4, 0.5) is 10.5 Å². The molecule has 13 heteroatoms. The number of amides is 3. The molecule has 3 amide bonds. The van der Waals surface area contributed by atoms with E-state index in [1.54, 1.807) is 6.07 Å². The van der Waals surface area contributed by atoms with Crippen LogP contribution in [0.2, 0.25) is 18.1 Å². The number of hydrogen-bond donors (Lipinski definition) is 1. The van der Waals surface area contributed by atoms with E-state index in [0.717, 1.165) is 25.2 Å². The van der Waals surface area contributed by atoms with Crippen LogP contribution in [0.25, 0.3) is 0 Å². The summed E-state index contributed by atoms with van der Waals surface area (Å²) in [5, 5.41) is 3.10. The smallest absolute Gasteiger partial charge is 0.329 e. The van der Waals surface area contributed by atoms with Crippen LogP contribution in [0.5, 0.6) is 5.75 Å². The van der Waals surface area contributed by atoms with Crippen molar-refractivity contribution < 1.29 is 37.8 Å². The number of nitrogens with zero attached hydrogens (tertiary/aromatic N) is 2. The van der Waals surface area contributed by atoms with Crippen LogP contribution >= 0.6 is 22.6 Å². The van der Waals surface area contributed by atoms with Gasteiger partial charge in [-0.3, -0.25) is 19.3 Å². The maximum absolute atomic E-state index is 16.3. The molecule has 0 radical (unpaired) electrons. The minimum Gasteiger partial charge on any atom is -0.491 e. The third-order valence-electron chi connectivity index (χ3n) is 13.7. The second-order valence-corrected chi connectivity index (χ2v) is 24.6. The second-order valence-electron chi connectivity index (χ2n) is 18.6. The van der Waals surface area contributed by atoms with E-state index in [-0.39, 0.29) is 11.6 Å². The number of urea groups is 1. The van der Waals surface area contributed by atoms with E-state index in [4.69, 9.17) is 18.6 Å². The molecule has 8 rings (SSSR count). The summed E-state index contributed by atoms with van der Waals surface area (Å²) in [6, 6.07) is 37.2. The zero-order valence-electron chi connectivity index (χ0n) is 38.1. The Morgan fingerprint density at radius 1 is 0.848 bits per heavy atom. The van der Waals surface area contributed by atoms with Gasteiger partial charge in [0.05, 0.1) is 30.4 Å². The number of ether oxygens (including phenoxy) is 3. The van der Waals surface area contributed by atoms with Crippen molar-refractivity contribution in [1.29, 1.82) is 0 Å². The molecule has 5 aromatic rings. The second kappa shape index (κ2) is 18.9. The summed E-state index contributed by atoms with van der Waals surface area (Å²) >= 11 is 2.18. The van der Waals surface area contributed by atoms with Crippen LogP contribution in [0, 0.1) is 9.49 Å². The number of carbonyl (C=O) groups is 4. The van der Waals surface area contributed by atoms with Gasteiger partial charge in [-0.05, 0) is 106 Å². The number of carbonyl (C=O) groups excluding carboxylic acids is 4. The number of halogens is 1. The van der Waals surface area contributed by atoms with Crippen LogP contribution < -0.4 is 15.0 Å². The zero-order chi connectivity index (χ0) is 47.0. The highest BCUT2D eigenvalue weighted by Gasteiger charge is 2.76. The van der Waals surface area contributed by atoms with Gasteiger partial charge in [-0.15, -0.1) is 0 Å². The Labute approximate surface area is 401 Å². The summed E-state index contributed by atoms with van der Waals surface area (Å²) in [4.78, 5) is 64.5. The van der Waals surface area contributed by atoms with Crippen molar-refractivity contribution in [2.75, 3.05) is 24.7 Å². The van der Waals surface area contributed by atoms with E-state index < -0.39 is 73.8 Å². The number of benzene rings is 5. The van der Waals surface area contributed by atoms with E-state index in [2.05, 4.69) is 68.4 Å². The van der Waals surface area contributed by atoms with Crippen molar-refractivity contribution in [2.45, 2.75) is 81.5 Å². The molecule has 66 heavy (non-hydrogen) atoms. The molecule has 0 saturated carbocycles. The minimum absolute atomic E-state index is 0.0441. The molecule has 1 N–H and O–H groups in total. The Balaban J connectivity index is 1.33. The first-order valence-corrected chi connectivity index (χ1v) is 26.3. The van der Waals surface area contributed by atoms with Gasteiger partial charge >= 0.3 is 18.0 Å². The van der Waals surface area contributed by atoms with Gasteiger partial charge in [0.15, 0.2) is 8.32 Å². The first kappa shape index (κ1) is 46.9. The van der Waals surface area contributed by atoms with Gasteiger partial charge in [-0.2, -0.15) is 0 Å². The minimum atomic E-state index is -2.01. The first-order valence-electron chi connectivity index (χ1n) is 22.3. The molecule has 0 bridgehead atoms. The summed E-state index contributed by atoms with van der Waals surface area (Å²) in [6.07, 6.45) is 0.585. The van der Waals surface area contributed by atoms with Crippen molar-refractivity contribution in [2.24, 2.45) is 5.92 Å². The number of hydrogen-bond acceptors (Lipinski definition) is 9. The lowest BCUT2D eigenvalue weighted by Gasteiger charge is -2.46. The molecular formula is C53H56IN3O8Si. The molecule has 11 nitrogen and oxygen atoms in total. The summed E-state index contributed by atoms with van der Waals surface area (Å²) in [5.41, 5.74) is 1.79. The van der Waals surface area contributed by atoms with Crippen LogP contribution in [-0.4, -0.2) is 63.0 Å². The van der Waals surface area contributed by atoms with Crippen molar-refractivity contribution in [3.8, 4) is 5.75 Å². The standard InChI is InChI=1S/C53H56IN3O8Si/c1-8-30-63-48(58)43-45-49(59)65-46(37-22-16-11-17-23-37)44(36-20-14-10-15-21-36)57(45)47(38-24-27-40(28-25-38)62-31-32-64-66(6,7)52(3,4)5)53(43)41-33-39(54)26-29-42(41)56(50(53)60)51(61)55-34(2)35-18-12-9-13-19-35/h8-29,33-34,43-47H,1,30-32H2,2-7H3,(H,55,61)/t34-,43+,44+,45+,46-,47-,53+/m0/s1. The largest absolute Gasteiger partial charge is 0.491 e. The predicted octanol–water partition coefficient (Wildman–Crippen LogP) is 10.6. The zero-order valence-corrected chi connectivity index (χ0v) is 41.3. The highest BCUT2D eigenvalue weighted by Crippen LogP contribution is 2.66. The van der Waals surface area contributed by atoms with E-state index in [0.29, 0.717) is 35.8 Å². The summed E-state index contributed by atoms with van der Waals surface area (Å²) in [5.74, 6) is -3.08. The topological polar surface area (TPSA) is 124 Å². The van der Waals surface area contributed by atoms with Gasteiger partial charge in [0, 0.05) is 3.57 Å². The number of nitrogens with one attached hydrogen (secondary N) is 1. The van der Waals surface area contributed by atoms with Crippen molar-refractivity contribution in [3.63, 3.8) is 0 Å². The number of morpholine rings is 1. The third-order valence-corrected chi connectivity index (χ3v) is 18.9. The predicted molar refractivity (Wildman–Crippen MR) is 264 cm³/mol. The Kier molecular flexibility index (Phi) is 13.5. The van der Waals surface area contributed by atoms with Gasteiger partial charge in [0.2, 0.25) is 5.91 Å². The average molecular weight is 1020 g/mol. The van der Waals surface area contributed by atoms with Gasteiger partial charge < -0.3 is 24.0 Å². The Morgan fingerprint density at radius 2 is 1.47 bits per heavy atom. The fourth-order valence-corrected chi connectivity index (χ4v) is 11.1. The third kappa shape index (κ3) is 8.50. The number of fused-ring (bicyclic) bond motifs is 3. The fraction of sp³-hybridized carbons (Fsp3) is 0.321. The van der Waals surface area contributed by atoms with Crippen molar-refractivity contribution >= 4 is 60.5 Å². The van der Waals surface area contributed by atoms with Gasteiger partial charge in [-0.25, -0.2) is 9.69 Å². The quantitative estimate of drug-likeness (QED) is 0.0404. The fourth-order valence-electron chi connectivity index (χ4n) is 9.57. The number of esters is 2. The lowest BCUT2D eigenvalue weighted by atomic mass is 9.65.